The second kappa shape index (κ2) is 7.58. The number of hydrogen-bond donors (Lipinski definition) is 0. The second-order valence-electron chi connectivity index (χ2n) is 3.66. The molecule has 1 aromatic rings. The first-order chi connectivity index (χ1) is 7.72. The van der Waals surface area contributed by atoms with Gasteiger partial charge < -0.3 is 4.52 Å². The highest BCUT2D eigenvalue weighted by Crippen LogP contribution is 2.15. The van der Waals surface area contributed by atoms with Gasteiger partial charge in [-0.25, -0.2) is 0 Å². The molecule has 0 aliphatic rings. The summed E-state index contributed by atoms with van der Waals surface area (Å²) < 4.78 is 5.06. The van der Waals surface area contributed by atoms with Gasteiger partial charge in [-0.15, -0.1) is 11.8 Å². The van der Waals surface area contributed by atoms with Gasteiger partial charge in [0.05, 0.1) is 23.3 Å². The Morgan fingerprint density at radius 3 is 2.88 bits per heavy atom. The molecular weight excluding hydrogens is 242 g/mol. The molecule has 88 valence electrons. The van der Waals surface area contributed by atoms with Crippen molar-refractivity contribution in [3.05, 3.63) is 11.7 Å². The van der Waals surface area contributed by atoms with Crippen LogP contribution in [0.1, 0.15) is 25.6 Å². The van der Waals surface area contributed by atoms with E-state index in [0.29, 0.717) is 23.3 Å². The number of aromatic nitrogens is 2. The zero-order valence-corrected chi connectivity index (χ0v) is 11.1. The molecule has 16 heavy (non-hydrogen) atoms. The highest BCUT2D eigenvalue weighted by Gasteiger charge is 2.06. The number of nitriles is 1. The third-order valence-corrected chi connectivity index (χ3v) is 3.73. The Morgan fingerprint density at radius 1 is 1.38 bits per heavy atom. The third-order valence-electron chi connectivity index (χ3n) is 1.58. The molecule has 0 radical (unpaired) electrons. The molecule has 0 unspecified atom stereocenters. The van der Waals surface area contributed by atoms with Crippen molar-refractivity contribution in [3.63, 3.8) is 0 Å². The molecule has 4 nitrogen and oxygen atoms in total. The van der Waals surface area contributed by atoms with Gasteiger partial charge in [0.25, 0.3) is 0 Å². The first-order valence-corrected chi connectivity index (χ1v) is 7.37. The van der Waals surface area contributed by atoms with Crippen LogP contribution in [0.4, 0.5) is 0 Å². The first-order valence-electron chi connectivity index (χ1n) is 5.06. The Hall–Kier alpha value is -0.670. The van der Waals surface area contributed by atoms with Crippen molar-refractivity contribution in [1.29, 1.82) is 5.26 Å². The molecule has 0 atom stereocenters. The van der Waals surface area contributed by atoms with Crippen molar-refractivity contribution in [2.24, 2.45) is 5.92 Å². The quantitative estimate of drug-likeness (QED) is 0.700. The Morgan fingerprint density at radius 2 is 2.19 bits per heavy atom. The van der Waals surface area contributed by atoms with Crippen LogP contribution in [0.15, 0.2) is 4.52 Å². The first kappa shape index (κ1) is 13.4. The molecule has 0 N–H and O–H groups in total. The van der Waals surface area contributed by atoms with Gasteiger partial charge in [-0.2, -0.15) is 22.0 Å². The highest BCUT2D eigenvalue weighted by molar-refractivity contribution is 7.98. The lowest BCUT2D eigenvalue weighted by atomic mass is 10.3. The van der Waals surface area contributed by atoms with Crippen molar-refractivity contribution >= 4 is 23.5 Å². The fourth-order valence-electron chi connectivity index (χ4n) is 0.977. The molecule has 1 rings (SSSR count). The summed E-state index contributed by atoms with van der Waals surface area (Å²) in [6.07, 6.45) is 0. The lowest BCUT2D eigenvalue weighted by Crippen LogP contribution is -1.92. The number of thioether (sulfide) groups is 2. The van der Waals surface area contributed by atoms with Crippen LogP contribution in [0.5, 0.6) is 0 Å². The van der Waals surface area contributed by atoms with Gasteiger partial charge in [0.1, 0.15) is 0 Å². The van der Waals surface area contributed by atoms with Crippen LogP contribution < -0.4 is 0 Å². The molecule has 0 aliphatic carbocycles. The summed E-state index contributed by atoms with van der Waals surface area (Å²) in [5.41, 5.74) is 0. The summed E-state index contributed by atoms with van der Waals surface area (Å²) >= 11 is 3.30. The molecular formula is C10H15N3OS2. The number of rotatable bonds is 7. The van der Waals surface area contributed by atoms with E-state index in [9.17, 15) is 0 Å². The van der Waals surface area contributed by atoms with Crippen LogP contribution in [-0.2, 0) is 11.5 Å². The maximum absolute atomic E-state index is 8.38. The highest BCUT2D eigenvalue weighted by atomic mass is 32.2. The SMILES string of the molecule is CC(C)CSCc1noc(CSCC#N)n1. The van der Waals surface area contributed by atoms with E-state index < -0.39 is 0 Å². The van der Waals surface area contributed by atoms with Crippen molar-refractivity contribution in [2.75, 3.05) is 11.5 Å². The van der Waals surface area contributed by atoms with Crippen molar-refractivity contribution in [2.45, 2.75) is 25.4 Å². The number of hydrogen-bond acceptors (Lipinski definition) is 6. The van der Waals surface area contributed by atoms with Crippen LogP contribution in [0.3, 0.4) is 0 Å². The van der Waals surface area contributed by atoms with Crippen molar-refractivity contribution < 1.29 is 4.52 Å². The van der Waals surface area contributed by atoms with Crippen molar-refractivity contribution in [1.82, 2.24) is 10.1 Å². The molecule has 0 aromatic carbocycles. The lowest BCUT2D eigenvalue weighted by Gasteiger charge is -2.00. The van der Waals surface area contributed by atoms with E-state index >= 15 is 0 Å². The van der Waals surface area contributed by atoms with E-state index in [4.69, 9.17) is 9.78 Å². The minimum absolute atomic E-state index is 0.458. The zero-order chi connectivity index (χ0) is 11.8. The molecule has 0 aliphatic heterocycles. The minimum Gasteiger partial charge on any atom is -0.338 e. The predicted octanol–water partition coefficient (Wildman–Crippen LogP) is 2.72. The Balaban J connectivity index is 2.26. The number of nitrogens with zero attached hydrogens (tertiary/aromatic N) is 3. The van der Waals surface area contributed by atoms with E-state index in [0.717, 1.165) is 17.3 Å². The maximum Gasteiger partial charge on any atom is 0.236 e. The monoisotopic (exact) mass is 257 g/mol. The summed E-state index contributed by atoms with van der Waals surface area (Å²) in [4.78, 5) is 4.25. The normalized spacial score (nSPS) is 10.6. The Bertz CT molecular complexity index is 346. The smallest absolute Gasteiger partial charge is 0.236 e. The van der Waals surface area contributed by atoms with Gasteiger partial charge in [-0.05, 0) is 11.7 Å². The van der Waals surface area contributed by atoms with Gasteiger partial charge in [0.2, 0.25) is 5.89 Å². The standard InChI is InChI=1S/C10H15N3OS2/c1-8(2)5-16-6-9-12-10(14-13-9)7-15-4-3-11/h8H,4-7H2,1-2H3. The average Bonchev–Trinajstić information content (AvgIpc) is 2.66. The van der Waals surface area contributed by atoms with E-state index in [-0.39, 0.29) is 0 Å². The summed E-state index contributed by atoms with van der Waals surface area (Å²) in [6, 6.07) is 2.06. The van der Waals surface area contributed by atoms with Crippen LogP contribution in [0.25, 0.3) is 0 Å². The van der Waals surface area contributed by atoms with E-state index in [2.05, 4.69) is 30.1 Å². The van der Waals surface area contributed by atoms with Crippen LogP contribution >= 0.6 is 23.5 Å². The van der Waals surface area contributed by atoms with Crippen LogP contribution in [-0.4, -0.2) is 21.6 Å². The molecule has 0 saturated heterocycles. The Kier molecular flexibility index (Phi) is 6.34. The maximum atomic E-state index is 8.38. The molecule has 0 amide bonds. The second-order valence-corrected chi connectivity index (χ2v) is 5.68. The lowest BCUT2D eigenvalue weighted by molar-refractivity contribution is 0.386. The van der Waals surface area contributed by atoms with Gasteiger partial charge in [0, 0.05) is 0 Å². The van der Waals surface area contributed by atoms with E-state index in [1.165, 1.54) is 11.8 Å². The molecule has 0 fully saturated rings. The molecule has 6 heteroatoms. The minimum atomic E-state index is 0.458. The molecule has 0 saturated carbocycles. The predicted molar refractivity (Wildman–Crippen MR) is 67.1 cm³/mol. The average molecular weight is 257 g/mol. The fraction of sp³-hybridized carbons (Fsp3) is 0.700. The molecule has 1 aromatic heterocycles. The Labute approximate surface area is 104 Å². The molecule has 1 heterocycles. The fourth-order valence-corrected chi connectivity index (χ4v) is 2.35. The van der Waals surface area contributed by atoms with Gasteiger partial charge >= 0.3 is 0 Å². The van der Waals surface area contributed by atoms with Crippen LogP contribution in [0.2, 0.25) is 0 Å². The topological polar surface area (TPSA) is 62.7 Å². The van der Waals surface area contributed by atoms with Gasteiger partial charge in [-0.3, -0.25) is 0 Å². The third kappa shape index (κ3) is 5.42. The van der Waals surface area contributed by atoms with Gasteiger partial charge in [-0.1, -0.05) is 19.0 Å². The van der Waals surface area contributed by atoms with E-state index in [1.807, 2.05) is 11.8 Å². The largest absolute Gasteiger partial charge is 0.338 e. The summed E-state index contributed by atoms with van der Waals surface area (Å²) in [5.74, 6) is 5.02. The van der Waals surface area contributed by atoms with Gasteiger partial charge in [0.15, 0.2) is 5.82 Å². The van der Waals surface area contributed by atoms with E-state index in [1.54, 1.807) is 0 Å². The van der Waals surface area contributed by atoms with Crippen molar-refractivity contribution in [3.8, 4) is 6.07 Å². The zero-order valence-electron chi connectivity index (χ0n) is 9.47. The molecule has 0 bridgehead atoms. The summed E-state index contributed by atoms with van der Waals surface area (Å²) in [7, 11) is 0. The van der Waals surface area contributed by atoms with Crippen LogP contribution in [0, 0.1) is 17.2 Å². The summed E-state index contributed by atoms with van der Waals surface area (Å²) in [6.45, 7) is 4.38. The molecule has 0 spiro atoms. The summed E-state index contributed by atoms with van der Waals surface area (Å²) in [5, 5.41) is 12.3.